The number of amides is 1. The molecule has 1 amide bonds. The lowest BCUT2D eigenvalue weighted by Crippen LogP contribution is -2.06. The lowest BCUT2D eigenvalue weighted by Gasteiger charge is -2.04. The molecule has 0 aromatic heterocycles. The molecule has 1 aromatic carbocycles. The van der Waals surface area contributed by atoms with E-state index in [2.05, 4.69) is 5.32 Å². The summed E-state index contributed by atoms with van der Waals surface area (Å²) in [7, 11) is 0. The van der Waals surface area contributed by atoms with Crippen molar-refractivity contribution in [2.24, 2.45) is 0 Å². The molecule has 0 bridgehead atoms. The van der Waals surface area contributed by atoms with Gasteiger partial charge in [0.15, 0.2) is 0 Å². The molecule has 1 rings (SSSR count). The monoisotopic (exact) mass is 211 g/mol. The van der Waals surface area contributed by atoms with Crippen molar-refractivity contribution < 1.29 is 18.7 Å². The van der Waals surface area contributed by atoms with E-state index in [1.54, 1.807) is 6.92 Å². The average molecular weight is 211 g/mol. The minimum atomic E-state index is -0.602. The Balaban J connectivity index is 2.96. The third-order valence-corrected chi connectivity index (χ3v) is 1.69. The summed E-state index contributed by atoms with van der Waals surface area (Å²) >= 11 is 0. The van der Waals surface area contributed by atoms with Gasteiger partial charge in [0.25, 0.3) is 0 Å². The van der Waals surface area contributed by atoms with Crippen LogP contribution in [0.5, 0.6) is 0 Å². The number of nitrogens with one attached hydrogen (secondary N) is 1. The van der Waals surface area contributed by atoms with Gasteiger partial charge in [0.1, 0.15) is 5.82 Å². The molecule has 0 atom stereocenters. The van der Waals surface area contributed by atoms with Crippen molar-refractivity contribution in [3.63, 3.8) is 0 Å². The zero-order valence-corrected chi connectivity index (χ0v) is 8.12. The molecule has 1 aromatic rings. The Hall–Kier alpha value is -1.91. The average Bonchev–Trinajstić information content (AvgIpc) is 2.22. The van der Waals surface area contributed by atoms with Crippen molar-refractivity contribution in [3.05, 3.63) is 29.6 Å². The maximum atomic E-state index is 13.0. The summed E-state index contributed by atoms with van der Waals surface area (Å²) in [6.45, 7) is 1.92. The molecule has 0 aliphatic rings. The first-order valence-corrected chi connectivity index (χ1v) is 4.36. The van der Waals surface area contributed by atoms with Crippen molar-refractivity contribution in [1.82, 2.24) is 0 Å². The van der Waals surface area contributed by atoms with Crippen molar-refractivity contribution >= 4 is 18.1 Å². The summed E-state index contributed by atoms with van der Waals surface area (Å²) in [6, 6.07) is 3.61. The fraction of sp³-hybridized carbons (Fsp3) is 0.200. The molecular formula is C10H10FNO3. The number of anilines is 1. The predicted octanol–water partition coefficient (Wildman–Crippen LogP) is 1.57. The second-order valence-corrected chi connectivity index (χ2v) is 2.68. The lowest BCUT2D eigenvalue weighted by atomic mass is 10.2. The highest BCUT2D eigenvalue weighted by Crippen LogP contribution is 2.16. The Morgan fingerprint density at radius 2 is 2.33 bits per heavy atom. The van der Waals surface area contributed by atoms with E-state index in [4.69, 9.17) is 4.74 Å². The normalized spacial score (nSPS) is 9.47. The van der Waals surface area contributed by atoms with Crippen LogP contribution in [0.2, 0.25) is 0 Å². The number of carbonyl (C=O) groups is 2. The van der Waals surface area contributed by atoms with Gasteiger partial charge in [0, 0.05) is 0 Å². The first-order valence-electron chi connectivity index (χ1n) is 4.36. The van der Waals surface area contributed by atoms with E-state index in [1.165, 1.54) is 12.1 Å². The topological polar surface area (TPSA) is 55.4 Å². The third-order valence-electron chi connectivity index (χ3n) is 1.69. The van der Waals surface area contributed by atoms with Gasteiger partial charge in [0.2, 0.25) is 6.41 Å². The number of halogens is 1. The molecular weight excluding hydrogens is 201 g/mol. The summed E-state index contributed by atoms with van der Waals surface area (Å²) in [6.07, 6.45) is 0.341. The van der Waals surface area contributed by atoms with Crippen molar-refractivity contribution in [2.45, 2.75) is 6.92 Å². The minimum Gasteiger partial charge on any atom is -0.462 e. The minimum absolute atomic E-state index is 0.0458. The zero-order valence-electron chi connectivity index (χ0n) is 8.12. The molecule has 0 fully saturated rings. The Morgan fingerprint density at radius 1 is 1.60 bits per heavy atom. The maximum Gasteiger partial charge on any atom is 0.338 e. The fourth-order valence-corrected chi connectivity index (χ4v) is 1.04. The van der Waals surface area contributed by atoms with E-state index in [1.807, 2.05) is 0 Å². The van der Waals surface area contributed by atoms with Crippen molar-refractivity contribution in [1.29, 1.82) is 0 Å². The van der Waals surface area contributed by atoms with Crippen LogP contribution in [0.4, 0.5) is 10.1 Å². The van der Waals surface area contributed by atoms with Gasteiger partial charge in [-0.2, -0.15) is 0 Å². The van der Waals surface area contributed by atoms with Crippen LogP contribution < -0.4 is 5.32 Å². The summed E-state index contributed by atoms with van der Waals surface area (Å²) in [5, 5.41) is 2.15. The molecule has 15 heavy (non-hydrogen) atoms. The smallest absolute Gasteiger partial charge is 0.338 e. The van der Waals surface area contributed by atoms with E-state index in [0.717, 1.165) is 6.07 Å². The van der Waals surface area contributed by atoms with Gasteiger partial charge in [0.05, 0.1) is 17.9 Å². The Labute approximate surface area is 86.0 Å². The number of rotatable bonds is 4. The number of benzene rings is 1. The predicted molar refractivity (Wildman–Crippen MR) is 52.0 cm³/mol. The largest absolute Gasteiger partial charge is 0.462 e. The molecule has 0 saturated heterocycles. The molecule has 0 aliphatic heterocycles. The van der Waals surface area contributed by atoms with Crippen molar-refractivity contribution in [2.75, 3.05) is 11.9 Å². The molecule has 5 heteroatoms. The summed E-state index contributed by atoms with van der Waals surface area (Å²) in [4.78, 5) is 21.4. The highest BCUT2D eigenvalue weighted by Gasteiger charge is 2.09. The van der Waals surface area contributed by atoms with Gasteiger partial charge in [-0.05, 0) is 25.1 Å². The molecule has 0 aliphatic carbocycles. The molecule has 0 unspecified atom stereocenters. The molecule has 1 N–H and O–H groups in total. The highest BCUT2D eigenvalue weighted by atomic mass is 19.1. The molecule has 0 heterocycles. The number of esters is 1. The number of hydrogen-bond donors (Lipinski definition) is 1. The van der Waals surface area contributed by atoms with Crippen LogP contribution in [0, 0.1) is 5.82 Å². The van der Waals surface area contributed by atoms with E-state index in [-0.39, 0.29) is 17.9 Å². The molecule has 0 spiro atoms. The van der Waals surface area contributed by atoms with Gasteiger partial charge in [-0.1, -0.05) is 0 Å². The van der Waals surface area contributed by atoms with Crippen LogP contribution in [0.1, 0.15) is 17.3 Å². The van der Waals surface area contributed by atoms with E-state index >= 15 is 0 Å². The number of ether oxygens (including phenoxy) is 1. The fourth-order valence-electron chi connectivity index (χ4n) is 1.04. The van der Waals surface area contributed by atoms with Crippen LogP contribution in [0.15, 0.2) is 18.2 Å². The highest BCUT2D eigenvalue weighted by molar-refractivity contribution is 5.91. The van der Waals surface area contributed by atoms with Gasteiger partial charge in [-0.15, -0.1) is 0 Å². The van der Waals surface area contributed by atoms with E-state index in [9.17, 15) is 14.0 Å². The summed E-state index contributed by atoms with van der Waals surface area (Å²) < 4.78 is 17.8. The van der Waals surface area contributed by atoms with Crippen LogP contribution in [-0.4, -0.2) is 19.0 Å². The van der Waals surface area contributed by atoms with Gasteiger partial charge in [-0.25, -0.2) is 9.18 Å². The van der Waals surface area contributed by atoms with E-state index < -0.39 is 11.8 Å². The molecule has 0 saturated carbocycles. The van der Waals surface area contributed by atoms with Gasteiger partial charge >= 0.3 is 5.97 Å². The molecule has 0 radical (unpaired) electrons. The molecule has 80 valence electrons. The second kappa shape index (κ2) is 5.09. The third kappa shape index (κ3) is 2.77. The lowest BCUT2D eigenvalue weighted by molar-refractivity contribution is -0.105. The Morgan fingerprint density at radius 3 is 2.93 bits per heavy atom. The Bertz CT molecular complexity index is 379. The van der Waals surface area contributed by atoms with Crippen LogP contribution in [0.3, 0.4) is 0 Å². The molecule has 4 nitrogen and oxygen atoms in total. The van der Waals surface area contributed by atoms with Gasteiger partial charge < -0.3 is 10.1 Å². The van der Waals surface area contributed by atoms with Crippen LogP contribution >= 0.6 is 0 Å². The van der Waals surface area contributed by atoms with Crippen molar-refractivity contribution in [3.8, 4) is 0 Å². The maximum absolute atomic E-state index is 13.0. The quantitative estimate of drug-likeness (QED) is 0.607. The summed E-state index contributed by atoms with van der Waals surface area (Å²) in [5.41, 5.74) is 0.151. The van der Waals surface area contributed by atoms with E-state index in [0.29, 0.717) is 6.41 Å². The second-order valence-electron chi connectivity index (χ2n) is 2.68. The first kappa shape index (κ1) is 11.2. The number of carbonyl (C=O) groups excluding carboxylic acids is 2. The Kier molecular flexibility index (Phi) is 3.79. The van der Waals surface area contributed by atoms with Crippen LogP contribution in [-0.2, 0) is 9.53 Å². The first-order chi connectivity index (χ1) is 7.19. The SMILES string of the molecule is CCOC(=O)c1ccc(F)c(NC=O)c1. The van der Waals surface area contributed by atoms with Crippen LogP contribution in [0.25, 0.3) is 0 Å². The zero-order chi connectivity index (χ0) is 11.3. The standard InChI is InChI=1S/C10H10FNO3/c1-2-15-10(14)7-3-4-8(11)9(5-7)12-6-13/h3-6H,2H2,1H3,(H,12,13). The summed E-state index contributed by atoms with van der Waals surface area (Å²) in [5.74, 6) is -1.15. The number of hydrogen-bond acceptors (Lipinski definition) is 3. The van der Waals surface area contributed by atoms with Gasteiger partial charge in [-0.3, -0.25) is 4.79 Å².